The lowest BCUT2D eigenvalue weighted by Gasteiger charge is -2.20. The minimum Gasteiger partial charge on any atom is -0.457 e. The molecule has 3 nitrogen and oxygen atoms in total. The van der Waals surface area contributed by atoms with E-state index in [2.05, 4.69) is 15.9 Å². The number of furan rings is 1. The van der Waals surface area contributed by atoms with Gasteiger partial charge in [0.25, 0.3) is 5.91 Å². The normalized spacial score (nSPS) is 14.9. The van der Waals surface area contributed by atoms with Crippen LogP contribution >= 0.6 is 15.9 Å². The van der Waals surface area contributed by atoms with Crippen LogP contribution in [0.25, 0.3) is 23.1 Å². The number of carbonyl (C=O) groups excluding carboxylic acids is 1. The Kier molecular flexibility index (Phi) is 5.14. The third-order valence-electron chi connectivity index (χ3n) is 5.12. The Labute approximate surface area is 189 Å². The molecule has 0 N–H and O–H groups in total. The largest absolute Gasteiger partial charge is 0.457 e. The molecule has 5 rings (SSSR count). The van der Waals surface area contributed by atoms with Gasteiger partial charge in [-0.15, -0.1) is 0 Å². The number of amides is 1. The molecule has 3 aromatic carbocycles. The highest BCUT2D eigenvalue weighted by Crippen LogP contribution is 2.35. The molecule has 2 heterocycles. The highest BCUT2D eigenvalue weighted by Gasteiger charge is 2.30. The van der Waals surface area contributed by atoms with E-state index in [1.54, 1.807) is 11.0 Å². The van der Waals surface area contributed by atoms with Crippen LogP contribution in [0.3, 0.4) is 0 Å². The SMILES string of the molecule is O=C1/C(=C/c2ccc(-c3ccc(Br)cc3)o2)C=C(c2ccccc2)N1c1ccccc1. The highest BCUT2D eigenvalue weighted by molar-refractivity contribution is 9.10. The summed E-state index contributed by atoms with van der Waals surface area (Å²) >= 11 is 3.45. The van der Waals surface area contributed by atoms with Gasteiger partial charge in [0, 0.05) is 21.3 Å². The molecule has 0 bridgehead atoms. The van der Waals surface area contributed by atoms with Crippen LogP contribution in [-0.2, 0) is 4.79 Å². The minimum atomic E-state index is -0.0772. The van der Waals surface area contributed by atoms with Crippen molar-refractivity contribution in [3.05, 3.63) is 125 Å². The maximum Gasteiger partial charge on any atom is 0.263 e. The van der Waals surface area contributed by atoms with Crippen molar-refractivity contribution in [2.45, 2.75) is 0 Å². The first-order valence-electron chi connectivity index (χ1n) is 9.93. The number of para-hydroxylation sites is 1. The molecule has 0 saturated heterocycles. The number of hydrogen-bond donors (Lipinski definition) is 0. The van der Waals surface area contributed by atoms with Crippen molar-refractivity contribution in [2.24, 2.45) is 0 Å². The second-order valence-corrected chi connectivity index (χ2v) is 8.10. The van der Waals surface area contributed by atoms with E-state index in [1.165, 1.54) is 0 Å². The van der Waals surface area contributed by atoms with Crippen molar-refractivity contribution >= 4 is 39.3 Å². The summed E-state index contributed by atoms with van der Waals surface area (Å²) in [6, 6.07) is 31.4. The van der Waals surface area contributed by atoms with Crippen LogP contribution < -0.4 is 4.90 Å². The van der Waals surface area contributed by atoms with Gasteiger partial charge in [0.05, 0.1) is 5.70 Å². The molecule has 0 unspecified atom stereocenters. The zero-order valence-corrected chi connectivity index (χ0v) is 18.1. The minimum absolute atomic E-state index is 0.0772. The van der Waals surface area contributed by atoms with Gasteiger partial charge in [-0.3, -0.25) is 9.69 Å². The van der Waals surface area contributed by atoms with Crippen LogP contribution in [0.2, 0.25) is 0 Å². The average Bonchev–Trinajstić information content (AvgIpc) is 3.40. The Hall–Kier alpha value is -3.63. The quantitative estimate of drug-likeness (QED) is 0.297. The van der Waals surface area contributed by atoms with E-state index >= 15 is 0 Å². The first-order valence-corrected chi connectivity index (χ1v) is 10.7. The van der Waals surface area contributed by atoms with E-state index in [9.17, 15) is 4.79 Å². The molecule has 1 aliphatic rings. The van der Waals surface area contributed by atoms with Gasteiger partial charge >= 0.3 is 0 Å². The molecule has 0 atom stereocenters. The number of nitrogens with zero attached hydrogens (tertiary/aromatic N) is 1. The van der Waals surface area contributed by atoms with Crippen LogP contribution in [-0.4, -0.2) is 5.91 Å². The lowest BCUT2D eigenvalue weighted by atomic mass is 10.1. The zero-order valence-electron chi connectivity index (χ0n) is 16.5. The molecule has 1 amide bonds. The standard InChI is InChI=1S/C27H18BrNO2/c28-22-13-11-20(12-14-22)26-16-15-24(31-26)17-21-18-25(19-7-3-1-4-8-19)29(27(21)30)23-9-5-2-6-10-23/h1-18H/b21-17+. The summed E-state index contributed by atoms with van der Waals surface area (Å²) in [6.45, 7) is 0. The van der Waals surface area contributed by atoms with Gasteiger partial charge < -0.3 is 4.42 Å². The van der Waals surface area contributed by atoms with Crippen LogP contribution in [0.1, 0.15) is 11.3 Å². The summed E-state index contributed by atoms with van der Waals surface area (Å²) in [5.41, 5.74) is 4.23. The number of anilines is 1. The van der Waals surface area contributed by atoms with E-state index in [1.807, 2.05) is 103 Å². The molecule has 1 aliphatic heterocycles. The van der Waals surface area contributed by atoms with Gasteiger partial charge in [0.1, 0.15) is 11.5 Å². The number of halogens is 1. The lowest BCUT2D eigenvalue weighted by molar-refractivity contribution is -0.113. The Morgan fingerprint density at radius 2 is 1.42 bits per heavy atom. The number of benzene rings is 3. The maximum absolute atomic E-state index is 13.4. The van der Waals surface area contributed by atoms with Gasteiger partial charge in [0.15, 0.2) is 0 Å². The Balaban J connectivity index is 1.53. The molecule has 0 radical (unpaired) electrons. The topological polar surface area (TPSA) is 33.5 Å². The van der Waals surface area contributed by atoms with Crippen molar-refractivity contribution in [3.63, 3.8) is 0 Å². The van der Waals surface area contributed by atoms with Crippen molar-refractivity contribution in [1.29, 1.82) is 0 Å². The molecule has 150 valence electrons. The molecule has 0 fully saturated rings. The second kappa shape index (κ2) is 8.25. The van der Waals surface area contributed by atoms with E-state index < -0.39 is 0 Å². The summed E-state index contributed by atoms with van der Waals surface area (Å²) in [4.78, 5) is 15.1. The van der Waals surface area contributed by atoms with Gasteiger partial charge in [0.2, 0.25) is 0 Å². The molecule has 1 aromatic heterocycles. The smallest absolute Gasteiger partial charge is 0.263 e. The number of rotatable bonds is 4. The molecule has 31 heavy (non-hydrogen) atoms. The van der Waals surface area contributed by atoms with Crippen LogP contribution in [0.5, 0.6) is 0 Å². The lowest BCUT2D eigenvalue weighted by Crippen LogP contribution is -2.24. The fourth-order valence-electron chi connectivity index (χ4n) is 3.62. The zero-order chi connectivity index (χ0) is 21.2. The number of carbonyl (C=O) groups is 1. The van der Waals surface area contributed by atoms with Gasteiger partial charge in [-0.2, -0.15) is 0 Å². The summed E-state index contributed by atoms with van der Waals surface area (Å²) < 4.78 is 7.03. The van der Waals surface area contributed by atoms with E-state index in [0.29, 0.717) is 11.3 Å². The molecular formula is C27H18BrNO2. The van der Waals surface area contributed by atoms with Gasteiger partial charge in [-0.05, 0) is 54.1 Å². The van der Waals surface area contributed by atoms with Gasteiger partial charge in [-0.1, -0.05) is 76.6 Å². The van der Waals surface area contributed by atoms with Gasteiger partial charge in [-0.25, -0.2) is 0 Å². The first-order chi connectivity index (χ1) is 15.2. The van der Waals surface area contributed by atoms with Crippen molar-refractivity contribution < 1.29 is 9.21 Å². The predicted octanol–water partition coefficient (Wildman–Crippen LogP) is 7.18. The summed E-state index contributed by atoms with van der Waals surface area (Å²) in [7, 11) is 0. The molecule has 0 aliphatic carbocycles. The van der Waals surface area contributed by atoms with Crippen LogP contribution in [0.4, 0.5) is 5.69 Å². The highest BCUT2D eigenvalue weighted by atomic mass is 79.9. The second-order valence-electron chi connectivity index (χ2n) is 7.18. The summed E-state index contributed by atoms with van der Waals surface area (Å²) in [6.07, 6.45) is 3.73. The Bertz CT molecular complexity index is 1290. The molecular weight excluding hydrogens is 450 g/mol. The van der Waals surface area contributed by atoms with Crippen LogP contribution in [0.15, 0.2) is 118 Å². The fraction of sp³-hybridized carbons (Fsp3) is 0. The molecule has 0 saturated carbocycles. The van der Waals surface area contributed by atoms with Crippen molar-refractivity contribution in [1.82, 2.24) is 0 Å². The Morgan fingerprint density at radius 1 is 0.742 bits per heavy atom. The third-order valence-corrected chi connectivity index (χ3v) is 5.65. The van der Waals surface area contributed by atoms with Crippen molar-refractivity contribution in [3.8, 4) is 11.3 Å². The van der Waals surface area contributed by atoms with E-state index in [0.717, 1.165) is 32.7 Å². The first kappa shape index (κ1) is 19.3. The third kappa shape index (κ3) is 3.90. The monoisotopic (exact) mass is 467 g/mol. The summed E-state index contributed by atoms with van der Waals surface area (Å²) in [5, 5.41) is 0. The molecule has 0 spiro atoms. The summed E-state index contributed by atoms with van der Waals surface area (Å²) in [5.74, 6) is 1.32. The van der Waals surface area contributed by atoms with E-state index in [-0.39, 0.29) is 5.91 Å². The molecule has 4 heteroatoms. The fourth-order valence-corrected chi connectivity index (χ4v) is 3.89. The molecule has 4 aromatic rings. The average molecular weight is 468 g/mol. The van der Waals surface area contributed by atoms with E-state index in [4.69, 9.17) is 4.42 Å². The maximum atomic E-state index is 13.4. The van der Waals surface area contributed by atoms with Crippen LogP contribution in [0, 0.1) is 0 Å². The Morgan fingerprint density at radius 3 is 2.13 bits per heavy atom. The predicted molar refractivity (Wildman–Crippen MR) is 128 cm³/mol. The number of hydrogen-bond acceptors (Lipinski definition) is 2. The van der Waals surface area contributed by atoms with Crippen molar-refractivity contribution in [2.75, 3.05) is 4.90 Å².